The molecular formula is C11H7Br2ClOS. The molecule has 2 rings (SSSR count). The number of rotatable bonds is 3. The van der Waals surface area contributed by atoms with Crippen LogP contribution >= 0.6 is 54.8 Å². The Morgan fingerprint density at radius 3 is 2.69 bits per heavy atom. The van der Waals surface area contributed by atoms with Crippen LogP contribution in [-0.4, -0.2) is 0 Å². The summed E-state index contributed by atoms with van der Waals surface area (Å²) in [6, 6.07) is 7.59. The van der Waals surface area contributed by atoms with Gasteiger partial charge in [0.25, 0.3) is 0 Å². The van der Waals surface area contributed by atoms with Crippen LogP contribution in [0.4, 0.5) is 0 Å². The van der Waals surface area contributed by atoms with Gasteiger partial charge in [0.15, 0.2) is 0 Å². The van der Waals surface area contributed by atoms with Crippen molar-refractivity contribution in [3.05, 3.63) is 48.5 Å². The molecule has 0 fully saturated rings. The van der Waals surface area contributed by atoms with E-state index in [4.69, 9.17) is 16.3 Å². The molecule has 0 N–H and O–H groups in total. The van der Waals surface area contributed by atoms with E-state index < -0.39 is 0 Å². The van der Waals surface area contributed by atoms with Crippen molar-refractivity contribution in [1.29, 1.82) is 0 Å². The Bertz CT molecular complexity index is 498. The minimum atomic E-state index is 0.527. The predicted octanol–water partition coefficient (Wildman–Crippen LogP) is 5.51. The van der Waals surface area contributed by atoms with E-state index in [9.17, 15) is 0 Å². The van der Waals surface area contributed by atoms with Gasteiger partial charge in [0.05, 0.1) is 9.90 Å². The molecule has 0 amide bonds. The van der Waals surface area contributed by atoms with Gasteiger partial charge >= 0.3 is 0 Å². The first kappa shape index (κ1) is 12.4. The SMILES string of the molecule is Clc1cc(Br)ccc1OCc1sccc1Br. The summed E-state index contributed by atoms with van der Waals surface area (Å²) in [4.78, 5) is 1.15. The third-order valence-corrected chi connectivity index (χ3v) is 4.63. The van der Waals surface area contributed by atoms with Crippen molar-refractivity contribution in [3.8, 4) is 5.75 Å². The lowest BCUT2D eigenvalue weighted by Gasteiger charge is -2.07. The van der Waals surface area contributed by atoms with Crippen molar-refractivity contribution in [3.63, 3.8) is 0 Å². The summed E-state index contributed by atoms with van der Waals surface area (Å²) in [6.45, 7) is 0.527. The van der Waals surface area contributed by atoms with Crippen molar-refractivity contribution < 1.29 is 4.74 Å². The number of hydrogen-bond donors (Lipinski definition) is 0. The predicted molar refractivity (Wildman–Crippen MR) is 75.5 cm³/mol. The van der Waals surface area contributed by atoms with E-state index in [0.29, 0.717) is 17.4 Å². The fraction of sp³-hybridized carbons (Fsp3) is 0.0909. The van der Waals surface area contributed by atoms with Crippen molar-refractivity contribution in [2.24, 2.45) is 0 Å². The fourth-order valence-corrected chi connectivity index (χ4v) is 3.27. The average Bonchev–Trinajstić information content (AvgIpc) is 2.63. The van der Waals surface area contributed by atoms with Gasteiger partial charge in [-0.1, -0.05) is 27.5 Å². The molecule has 0 aliphatic carbocycles. The molecule has 0 aliphatic rings. The van der Waals surface area contributed by atoms with Crippen molar-refractivity contribution in [1.82, 2.24) is 0 Å². The van der Waals surface area contributed by atoms with Crippen LogP contribution in [0.3, 0.4) is 0 Å². The average molecular weight is 383 g/mol. The van der Waals surface area contributed by atoms with Crippen LogP contribution in [0, 0.1) is 0 Å². The lowest BCUT2D eigenvalue weighted by molar-refractivity contribution is 0.309. The first-order valence-corrected chi connectivity index (χ1v) is 7.31. The fourth-order valence-electron chi connectivity index (χ4n) is 1.16. The minimum absolute atomic E-state index is 0.527. The second kappa shape index (κ2) is 5.54. The maximum Gasteiger partial charge on any atom is 0.138 e. The number of thiophene rings is 1. The zero-order valence-corrected chi connectivity index (χ0v) is 12.8. The molecule has 0 atom stereocenters. The number of halogens is 3. The first-order chi connectivity index (χ1) is 7.66. The normalized spacial score (nSPS) is 10.4. The largest absolute Gasteiger partial charge is 0.486 e. The number of ether oxygens (including phenoxy) is 1. The second-order valence-corrected chi connectivity index (χ2v) is 6.23. The van der Waals surface area contributed by atoms with Gasteiger partial charge in [-0.25, -0.2) is 0 Å². The lowest BCUT2D eigenvalue weighted by Crippen LogP contribution is -1.94. The van der Waals surface area contributed by atoms with Crippen molar-refractivity contribution in [2.75, 3.05) is 0 Å². The van der Waals surface area contributed by atoms with Gasteiger partial charge in [0.1, 0.15) is 12.4 Å². The molecule has 0 aliphatic heterocycles. The van der Waals surface area contributed by atoms with Crippen LogP contribution in [0.5, 0.6) is 5.75 Å². The van der Waals surface area contributed by atoms with E-state index in [-0.39, 0.29) is 0 Å². The molecule has 0 unspecified atom stereocenters. The summed E-state index contributed by atoms with van der Waals surface area (Å²) in [5.74, 6) is 0.699. The molecule has 0 saturated carbocycles. The Labute approximate surface area is 120 Å². The minimum Gasteiger partial charge on any atom is -0.486 e. The van der Waals surface area contributed by atoms with Gasteiger partial charge < -0.3 is 4.74 Å². The topological polar surface area (TPSA) is 9.23 Å². The van der Waals surface area contributed by atoms with Gasteiger partial charge in [-0.3, -0.25) is 0 Å². The Morgan fingerprint density at radius 1 is 1.25 bits per heavy atom. The van der Waals surface area contributed by atoms with Gasteiger partial charge in [-0.2, -0.15) is 0 Å². The van der Waals surface area contributed by atoms with E-state index in [1.807, 2.05) is 29.6 Å². The molecule has 2 aromatic rings. The summed E-state index contributed by atoms with van der Waals surface area (Å²) < 4.78 is 7.67. The van der Waals surface area contributed by atoms with Crippen LogP contribution < -0.4 is 4.74 Å². The third kappa shape index (κ3) is 3.00. The summed E-state index contributed by atoms with van der Waals surface area (Å²) in [5.41, 5.74) is 0. The molecule has 0 bridgehead atoms. The van der Waals surface area contributed by atoms with Gasteiger partial charge in [-0.05, 0) is 45.6 Å². The van der Waals surface area contributed by atoms with Gasteiger partial charge in [-0.15, -0.1) is 11.3 Å². The Hall–Kier alpha value is -0.0300. The maximum atomic E-state index is 6.05. The molecule has 5 heteroatoms. The summed E-state index contributed by atoms with van der Waals surface area (Å²) >= 11 is 14.5. The highest BCUT2D eigenvalue weighted by atomic mass is 79.9. The summed E-state index contributed by atoms with van der Waals surface area (Å²) in [5, 5.41) is 2.63. The molecule has 1 nitrogen and oxygen atoms in total. The van der Waals surface area contributed by atoms with Crippen molar-refractivity contribution in [2.45, 2.75) is 6.61 Å². The van der Waals surface area contributed by atoms with E-state index in [1.165, 1.54) is 0 Å². The molecule has 1 heterocycles. The monoisotopic (exact) mass is 380 g/mol. The number of benzene rings is 1. The standard InChI is InChI=1S/C11H7Br2ClOS/c12-7-1-2-10(9(14)5-7)15-6-11-8(13)3-4-16-11/h1-5H,6H2. The van der Waals surface area contributed by atoms with Crippen LogP contribution in [0.15, 0.2) is 38.6 Å². The van der Waals surface area contributed by atoms with Crippen LogP contribution in [0.2, 0.25) is 5.02 Å². The van der Waals surface area contributed by atoms with Crippen LogP contribution in [-0.2, 0) is 6.61 Å². The highest BCUT2D eigenvalue weighted by molar-refractivity contribution is 9.10. The molecule has 0 spiro atoms. The van der Waals surface area contributed by atoms with Crippen molar-refractivity contribution >= 4 is 54.8 Å². The Kier molecular flexibility index (Phi) is 4.30. The van der Waals surface area contributed by atoms with Gasteiger partial charge in [0, 0.05) is 8.95 Å². The quantitative estimate of drug-likeness (QED) is 0.681. The van der Waals surface area contributed by atoms with E-state index in [1.54, 1.807) is 11.3 Å². The highest BCUT2D eigenvalue weighted by Gasteiger charge is 2.05. The molecule has 1 aromatic carbocycles. The molecule has 16 heavy (non-hydrogen) atoms. The third-order valence-electron chi connectivity index (χ3n) is 1.94. The Morgan fingerprint density at radius 2 is 2.06 bits per heavy atom. The van der Waals surface area contributed by atoms with E-state index in [2.05, 4.69) is 31.9 Å². The first-order valence-electron chi connectivity index (χ1n) is 4.46. The van der Waals surface area contributed by atoms with Crippen LogP contribution in [0.25, 0.3) is 0 Å². The zero-order valence-electron chi connectivity index (χ0n) is 8.04. The summed E-state index contributed by atoms with van der Waals surface area (Å²) in [7, 11) is 0. The number of hydrogen-bond acceptors (Lipinski definition) is 2. The molecule has 0 radical (unpaired) electrons. The molecule has 84 valence electrons. The van der Waals surface area contributed by atoms with E-state index in [0.717, 1.165) is 13.8 Å². The zero-order chi connectivity index (χ0) is 11.5. The van der Waals surface area contributed by atoms with Crippen LogP contribution in [0.1, 0.15) is 4.88 Å². The maximum absolute atomic E-state index is 6.05. The molecule has 1 aromatic heterocycles. The summed E-state index contributed by atoms with van der Waals surface area (Å²) in [6.07, 6.45) is 0. The molecule has 0 saturated heterocycles. The highest BCUT2D eigenvalue weighted by Crippen LogP contribution is 2.30. The lowest BCUT2D eigenvalue weighted by atomic mass is 10.3. The molecular weight excluding hydrogens is 375 g/mol. The Balaban J connectivity index is 2.08. The van der Waals surface area contributed by atoms with E-state index >= 15 is 0 Å². The smallest absolute Gasteiger partial charge is 0.138 e. The van der Waals surface area contributed by atoms with Gasteiger partial charge in [0.2, 0.25) is 0 Å². The second-order valence-electron chi connectivity index (χ2n) is 3.06.